The van der Waals surface area contributed by atoms with Gasteiger partial charge in [-0.05, 0) is 38.5 Å². The zero-order valence-corrected chi connectivity index (χ0v) is 13.8. The molecule has 1 atom stereocenters. The van der Waals surface area contributed by atoms with Crippen molar-refractivity contribution in [2.45, 2.75) is 76.4 Å². The van der Waals surface area contributed by atoms with Crippen molar-refractivity contribution in [1.29, 1.82) is 0 Å². The van der Waals surface area contributed by atoms with E-state index in [2.05, 4.69) is 5.32 Å². The Hall–Kier alpha value is -1.10. The lowest BCUT2D eigenvalue weighted by Gasteiger charge is -2.25. The smallest absolute Gasteiger partial charge is 0.222 e. The van der Waals surface area contributed by atoms with E-state index in [1.165, 1.54) is 19.3 Å². The van der Waals surface area contributed by atoms with Gasteiger partial charge in [0.15, 0.2) is 0 Å². The SMILES string of the molecule is CN(CC[C@@H]1CCCCO1)C(=O)CCC(=O)NC1CCCC1. The van der Waals surface area contributed by atoms with Crippen molar-refractivity contribution in [2.75, 3.05) is 20.2 Å². The van der Waals surface area contributed by atoms with Gasteiger partial charge in [-0.1, -0.05) is 12.8 Å². The Morgan fingerprint density at radius 1 is 1.09 bits per heavy atom. The first-order chi connectivity index (χ1) is 10.6. The Balaban J connectivity index is 1.57. The molecule has 5 heteroatoms. The molecule has 1 heterocycles. The van der Waals surface area contributed by atoms with Gasteiger partial charge in [-0.2, -0.15) is 0 Å². The van der Waals surface area contributed by atoms with Crippen LogP contribution in [0.5, 0.6) is 0 Å². The third-order valence-corrected chi connectivity index (χ3v) is 4.77. The third-order valence-electron chi connectivity index (χ3n) is 4.77. The zero-order chi connectivity index (χ0) is 15.8. The molecule has 2 rings (SSSR count). The minimum atomic E-state index is 0.0178. The van der Waals surface area contributed by atoms with Gasteiger partial charge >= 0.3 is 0 Å². The maximum Gasteiger partial charge on any atom is 0.222 e. The predicted octanol–water partition coefficient (Wildman–Crippen LogP) is 2.24. The molecule has 5 nitrogen and oxygen atoms in total. The van der Waals surface area contributed by atoms with Gasteiger partial charge in [0.25, 0.3) is 0 Å². The van der Waals surface area contributed by atoms with Crippen LogP contribution in [0.2, 0.25) is 0 Å². The minimum absolute atomic E-state index is 0.0178. The topological polar surface area (TPSA) is 58.6 Å². The van der Waals surface area contributed by atoms with E-state index in [4.69, 9.17) is 4.74 Å². The van der Waals surface area contributed by atoms with Gasteiger partial charge < -0.3 is 15.0 Å². The highest BCUT2D eigenvalue weighted by molar-refractivity contribution is 5.83. The number of hydrogen-bond acceptors (Lipinski definition) is 3. The Bertz CT molecular complexity index is 361. The molecule has 0 aromatic rings. The molecule has 1 saturated carbocycles. The van der Waals surface area contributed by atoms with Crippen LogP contribution in [0.4, 0.5) is 0 Å². The van der Waals surface area contributed by atoms with Crippen LogP contribution in [0, 0.1) is 0 Å². The number of rotatable bonds is 7. The van der Waals surface area contributed by atoms with Crippen LogP contribution in [0.1, 0.15) is 64.2 Å². The van der Waals surface area contributed by atoms with Crippen molar-refractivity contribution in [3.8, 4) is 0 Å². The monoisotopic (exact) mass is 310 g/mol. The highest BCUT2D eigenvalue weighted by atomic mass is 16.5. The molecule has 0 spiro atoms. The molecule has 0 radical (unpaired) electrons. The van der Waals surface area contributed by atoms with Crippen molar-refractivity contribution in [3.05, 3.63) is 0 Å². The Labute approximate surface area is 133 Å². The summed E-state index contributed by atoms with van der Waals surface area (Å²) in [5.74, 6) is 0.0710. The molecular formula is C17H30N2O3. The quantitative estimate of drug-likeness (QED) is 0.784. The van der Waals surface area contributed by atoms with Crippen LogP contribution < -0.4 is 5.32 Å². The number of carbonyl (C=O) groups is 2. The highest BCUT2D eigenvalue weighted by Gasteiger charge is 2.19. The fourth-order valence-corrected chi connectivity index (χ4v) is 3.28. The molecule has 1 aliphatic carbocycles. The van der Waals surface area contributed by atoms with Gasteiger partial charge in [0.2, 0.25) is 11.8 Å². The van der Waals surface area contributed by atoms with Crippen LogP contribution >= 0.6 is 0 Å². The first-order valence-corrected chi connectivity index (χ1v) is 8.80. The first kappa shape index (κ1) is 17.3. The Morgan fingerprint density at radius 3 is 2.50 bits per heavy atom. The summed E-state index contributed by atoms with van der Waals surface area (Å²) in [7, 11) is 1.82. The van der Waals surface area contributed by atoms with Crippen LogP contribution in [-0.4, -0.2) is 49.1 Å². The second-order valence-electron chi connectivity index (χ2n) is 6.64. The van der Waals surface area contributed by atoms with E-state index in [0.717, 1.165) is 38.7 Å². The van der Waals surface area contributed by atoms with Gasteiger partial charge in [0, 0.05) is 39.1 Å². The fourth-order valence-electron chi connectivity index (χ4n) is 3.28. The third kappa shape index (κ3) is 5.95. The summed E-state index contributed by atoms with van der Waals surface area (Å²) in [5, 5.41) is 3.03. The molecule has 1 N–H and O–H groups in total. The summed E-state index contributed by atoms with van der Waals surface area (Å²) >= 11 is 0. The zero-order valence-electron chi connectivity index (χ0n) is 13.8. The van der Waals surface area contributed by atoms with Gasteiger partial charge in [0.1, 0.15) is 0 Å². The van der Waals surface area contributed by atoms with Gasteiger partial charge in [-0.3, -0.25) is 9.59 Å². The molecule has 0 unspecified atom stereocenters. The maximum atomic E-state index is 12.1. The molecule has 0 bridgehead atoms. The van der Waals surface area contributed by atoms with E-state index in [9.17, 15) is 9.59 Å². The minimum Gasteiger partial charge on any atom is -0.378 e. The van der Waals surface area contributed by atoms with Crippen molar-refractivity contribution >= 4 is 11.8 Å². The van der Waals surface area contributed by atoms with Crippen LogP contribution in [0.25, 0.3) is 0 Å². The van der Waals surface area contributed by atoms with E-state index in [-0.39, 0.29) is 11.8 Å². The molecule has 1 aliphatic heterocycles. The average Bonchev–Trinajstić information content (AvgIpc) is 3.04. The maximum absolute atomic E-state index is 12.1. The summed E-state index contributed by atoms with van der Waals surface area (Å²) in [6, 6.07) is 0.337. The summed E-state index contributed by atoms with van der Waals surface area (Å²) < 4.78 is 5.68. The summed E-state index contributed by atoms with van der Waals surface area (Å²) in [6.07, 6.45) is 9.87. The molecule has 2 amide bonds. The van der Waals surface area contributed by atoms with Crippen LogP contribution in [0.15, 0.2) is 0 Å². The summed E-state index contributed by atoms with van der Waals surface area (Å²) in [4.78, 5) is 25.6. The van der Waals surface area contributed by atoms with Crippen molar-refractivity contribution < 1.29 is 14.3 Å². The van der Waals surface area contributed by atoms with E-state index < -0.39 is 0 Å². The van der Waals surface area contributed by atoms with Crippen LogP contribution in [0.3, 0.4) is 0 Å². The first-order valence-electron chi connectivity index (χ1n) is 8.80. The number of ether oxygens (including phenoxy) is 1. The summed E-state index contributed by atoms with van der Waals surface area (Å²) in [5.41, 5.74) is 0. The highest BCUT2D eigenvalue weighted by Crippen LogP contribution is 2.18. The Kier molecular flexibility index (Phi) is 7.16. The molecule has 2 aliphatic rings. The second-order valence-corrected chi connectivity index (χ2v) is 6.64. The number of nitrogens with one attached hydrogen (secondary N) is 1. The molecule has 126 valence electrons. The van der Waals surface area contributed by atoms with E-state index in [0.29, 0.717) is 31.5 Å². The van der Waals surface area contributed by atoms with Crippen molar-refractivity contribution in [1.82, 2.24) is 10.2 Å². The van der Waals surface area contributed by atoms with Gasteiger partial charge in [-0.25, -0.2) is 0 Å². The average molecular weight is 310 g/mol. The van der Waals surface area contributed by atoms with Crippen LogP contribution in [-0.2, 0) is 14.3 Å². The Morgan fingerprint density at radius 2 is 1.82 bits per heavy atom. The summed E-state index contributed by atoms with van der Waals surface area (Å²) in [6.45, 7) is 1.57. The number of carbonyl (C=O) groups excluding carboxylic acids is 2. The van der Waals surface area contributed by atoms with E-state index in [1.54, 1.807) is 4.90 Å². The van der Waals surface area contributed by atoms with Crippen molar-refractivity contribution in [2.24, 2.45) is 0 Å². The van der Waals surface area contributed by atoms with E-state index in [1.807, 2.05) is 7.05 Å². The largest absolute Gasteiger partial charge is 0.378 e. The second kappa shape index (κ2) is 9.13. The molecule has 2 fully saturated rings. The number of nitrogens with zero attached hydrogens (tertiary/aromatic N) is 1. The standard InChI is InChI=1S/C17H30N2O3/c1-19(12-11-15-8-4-5-13-22-15)17(21)10-9-16(20)18-14-6-2-3-7-14/h14-15H,2-13H2,1H3,(H,18,20)/t15-/m0/s1. The molecule has 0 aromatic carbocycles. The molecule has 22 heavy (non-hydrogen) atoms. The normalized spacial score (nSPS) is 22.5. The molecular weight excluding hydrogens is 280 g/mol. The fraction of sp³-hybridized carbons (Fsp3) is 0.882. The van der Waals surface area contributed by atoms with Crippen molar-refractivity contribution in [3.63, 3.8) is 0 Å². The molecule has 1 saturated heterocycles. The molecule has 0 aromatic heterocycles. The van der Waals surface area contributed by atoms with Gasteiger partial charge in [-0.15, -0.1) is 0 Å². The number of hydrogen-bond donors (Lipinski definition) is 1. The number of amides is 2. The predicted molar refractivity (Wildman–Crippen MR) is 85.5 cm³/mol. The van der Waals surface area contributed by atoms with Gasteiger partial charge in [0.05, 0.1) is 6.10 Å². The lowest BCUT2D eigenvalue weighted by atomic mass is 10.1. The lowest BCUT2D eigenvalue weighted by molar-refractivity contribution is -0.133. The van der Waals surface area contributed by atoms with E-state index >= 15 is 0 Å². The lowest BCUT2D eigenvalue weighted by Crippen LogP contribution is -2.35.